The van der Waals surface area contributed by atoms with Crippen LogP contribution in [-0.4, -0.2) is 34.8 Å². The molecule has 0 spiro atoms. The fourth-order valence-corrected chi connectivity index (χ4v) is 2.00. The fourth-order valence-electron chi connectivity index (χ4n) is 1.85. The van der Waals surface area contributed by atoms with E-state index >= 15 is 0 Å². The number of amides is 1. The second kappa shape index (κ2) is 7.13. The molecule has 0 bridgehead atoms. The van der Waals surface area contributed by atoms with Crippen LogP contribution in [0.2, 0.25) is 5.02 Å². The smallest absolute Gasteiger partial charge is 0.307 e. The van der Waals surface area contributed by atoms with Gasteiger partial charge in [0.05, 0.1) is 31.3 Å². The number of nitrogens with one attached hydrogen (secondary N) is 1. The molecule has 0 fully saturated rings. The van der Waals surface area contributed by atoms with Gasteiger partial charge in [0, 0.05) is 12.2 Å². The molecule has 22 heavy (non-hydrogen) atoms. The number of aromatic nitrogens is 2. The highest BCUT2D eigenvalue weighted by Gasteiger charge is 2.16. The third-order valence-corrected chi connectivity index (χ3v) is 3.08. The Morgan fingerprint density at radius 2 is 2.27 bits per heavy atom. The number of carbonyl (C=O) groups excluding carboxylic acids is 2. The minimum atomic E-state index is -0.388. The van der Waals surface area contributed by atoms with Gasteiger partial charge in [-0.3, -0.25) is 14.3 Å². The summed E-state index contributed by atoms with van der Waals surface area (Å²) in [6.45, 7) is 2.09. The van der Waals surface area contributed by atoms with Crippen molar-refractivity contribution in [3.05, 3.63) is 41.1 Å². The fraction of sp³-hybridized carbons (Fsp3) is 0.357. The number of ether oxygens (including phenoxy) is 1. The van der Waals surface area contributed by atoms with Gasteiger partial charge in [-0.25, -0.2) is 0 Å². The van der Waals surface area contributed by atoms with Gasteiger partial charge in [-0.1, -0.05) is 11.6 Å². The molecule has 0 radical (unpaired) electrons. The number of halogens is 1. The zero-order valence-corrected chi connectivity index (χ0v) is 13.0. The summed E-state index contributed by atoms with van der Waals surface area (Å²) >= 11 is 5.78. The second-order valence-electron chi connectivity index (χ2n) is 4.78. The van der Waals surface area contributed by atoms with Gasteiger partial charge < -0.3 is 14.5 Å². The van der Waals surface area contributed by atoms with E-state index < -0.39 is 0 Å². The molecular formula is C14H16ClN3O4. The molecule has 1 N–H and O–H groups in total. The maximum Gasteiger partial charge on any atom is 0.307 e. The Bertz CT molecular complexity index is 665. The van der Waals surface area contributed by atoms with Crippen LogP contribution in [0, 0.1) is 0 Å². The van der Waals surface area contributed by atoms with Crippen LogP contribution in [-0.2, 0) is 16.1 Å². The van der Waals surface area contributed by atoms with E-state index in [-0.39, 0.29) is 30.1 Å². The molecule has 0 unspecified atom stereocenters. The average Bonchev–Trinajstić information content (AvgIpc) is 3.08. The van der Waals surface area contributed by atoms with Crippen molar-refractivity contribution < 1.29 is 18.7 Å². The molecule has 1 atom stereocenters. The number of methoxy groups -OCH3 is 1. The van der Waals surface area contributed by atoms with Gasteiger partial charge >= 0.3 is 5.97 Å². The normalized spacial score (nSPS) is 12.0. The summed E-state index contributed by atoms with van der Waals surface area (Å²) in [5, 5.41) is 7.22. The van der Waals surface area contributed by atoms with Crippen molar-refractivity contribution in [2.75, 3.05) is 7.11 Å². The first kappa shape index (κ1) is 16.1. The van der Waals surface area contributed by atoms with Gasteiger partial charge in [0.15, 0.2) is 5.76 Å². The summed E-state index contributed by atoms with van der Waals surface area (Å²) < 4.78 is 11.6. The van der Waals surface area contributed by atoms with E-state index in [1.165, 1.54) is 13.3 Å². The van der Waals surface area contributed by atoms with E-state index in [1.54, 1.807) is 29.9 Å². The van der Waals surface area contributed by atoms with Crippen LogP contribution in [0.4, 0.5) is 0 Å². The van der Waals surface area contributed by atoms with Crippen LogP contribution in [0.15, 0.2) is 28.9 Å². The topological polar surface area (TPSA) is 86.4 Å². The maximum atomic E-state index is 12.0. The Morgan fingerprint density at radius 3 is 2.91 bits per heavy atom. The summed E-state index contributed by atoms with van der Waals surface area (Å²) in [6, 6.07) is 2.91. The van der Waals surface area contributed by atoms with Crippen molar-refractivity contribution in [1.29, 1.82) is 0 Å². The predicted octanol–water partition coefficient (Wildman–Crippen LogP) is 1.86. The molecule has 0 aliphatic carbocycles. The van der Waals surface area contributed by atoms with Crippen molar-refractivity contribution in [2.24, 2.45) is 0 Å². The molecule has 2 heterocycles. The Hall–Kier alpha value is -2.28. The minimum absolute atomic E-state index is 0.0988. The number of esters is 1. The van der Waals surface area contributed by atoms with E-state index in [0.29, 0.717) is 17.3 Å². The monoisotopic (exact) mass is 325 g/mol. The highest BCUT2D eigenvalue weighted by molar-refractivity contribution is 6.30. The molecule has 118 valence electrons. The first-order chi connectivity index (χ1) is 10.5. The molecule has 0 saturated heterocycles. The van der Waals surface area contributed by atoms with Crippen LogP contribution in [0.3, 0.4) is 0 Å². The largest absolute Gasteiger partial charge is 0.469 e. The zero-order valence-electron chi connectivity index (χ0n) is 12.2. The number of hydrogen-bond donors (Lipinski definition) is 1. The Kier molecular flexibility index (Phi) is 5.21. The third kappa shape index (κ3) is 4.36. The average molecular weight is 326 g/mol. The molecule has 0 aliphatic heterocycles. The lowest BCUT2D eigenvalue weighted by molar-refractivity contribution is -0.141. The van der Waals surface area contributed by atoms with Gasteiger partial charge in [-0.15, -0.1) is 0 Å². The first-order valence-corrected chi connectivity index (χ1v) is 7.00. The number of nitrogens with zero attached hydrogens (tertiary/aromatic N) is 2. The van der Waals surface area contributed by atoms with E-state index in [9.17, 15) is 9.59 Å². The van der Waals surface area contributed by atoms with Crippen LogP contribution >= 0.6 is 11.6 Å². The molecule has 2 aromatic rings. The lowest BCUT2D eigenvalue weighted by Crippen LogP contribution is -2.34. The van der Waals surface area contributed by atoms with Crippen LogP contribution in [0.25, 0.3) is 0 Å². The first-order valence-electron chi connectivity index (χ1n) is 6.62. The standard InChI is InChI=1S/C14H16ClN3O4/c1-9(5-13(19)21-2)17-14(20)12-4-3-11(22-12)8-18-7-10(15)6-16-18/h3-4,6-7,9H,5,8H2,1-2H3,(H,17,20)/t9-/m0/s1. The van der Waals surface area contributed by atoms with Gasteiger partial charge in [0.1, 0.15) is 5.76 Å². The SMILES string of the molecule is COC(=O)C[C@H](C)NC(=O)c1ccc(Cn2cc(Cl)cn2)o1. The molecule has 0 aliphatic rings. The molecule has 2 rings (SSSR count). The molecule has 7 nitrogen and oxygen atoms in total. The van der Waals surface area contributed by atoms with E-state index in [0.717, 1.165) is 0 Å². The lowest BCUT2D eigenvalue weighted by Gasteiger charge is -2.11. The van der Waals surface area contributed by atoms with Gasteiger partial charge in [-0.2, -0.15) is 5.10 Å². The van der Waals surface area contributed by atoms with Crippen molar-refractivity contribution >= 4 is 23.5 Å². The summed E-state index contributed by atoms with van der Waals surface area (Å²) in [5.74, 6) is -0.0276. The van der Waals surface area contributed by atoms with E-state index in [1.807, 2.05) is 0 Å². The lowest BCUT2D eigenvalue weighted by atomic mass is 10.2. The molecular weight excluding hydrogens is 310 g/mol. The van der Waals surface area contributed by atoms with Crippen molar-refractivity contribution in [3.8, 4) is 0 Å². The number of hydrogen-bond acceptors (Lipinski definition) is 5. The van der Waals surface area contributed by atoms with Gasteiger partial charge in [0.25, 0.3) is 5.91 Å². The summed E-state index contributed by atoms with van der Waals surface area (Å²) in [6.07, 6.45) is 3.27. The van der Waals surface area contributed by atoms with E-state index in [4.69, 9.17) is 16.0 Å². The Balaban J connectivity index is 1.92. The van der Waals surface area contributed by atoms with Crippen LogP contribution < -0.4 is 5.32 Å². The molecule has 1 amide bonds. The summed E-state index contributed by atoms with van der Waals surface area (Å²) in [7, 11) is 1.30. The van der Waals surface area contributed by atoms with Crippen LogP contribution in [0.1, 0.15) is 29.7 Å². The van der Waals surface area contributed by atoms with Gasteiger partial charge in [-0.05, 0) is 19.1 Å². The highest BCUT2D eigenvalue weighted by Crippen LogP contribution is 2.12. The number of carbonyl (C=O) groups is 2. The highest BCUT2D eigenvalue weighted by atomic mass is 35.5. The van der Waals surface area contributed by atoms with Crippen molar-refractivity contribution in [1.82, 2.24) is 15.1 Å². The Labute approximate surface area is 132 Å². The van der Waals surface area contributed by atoms with Crippen molar-refractivity contribution in [3.63, 3.8) is 0 Å². The van der Waals surface area contributed by atoms with Crippen LogP contribution in [0.5, 0.6) is 0 Å². The summed E-state index contributed by atoms with van der Waals surface area (Å²) in [4.78, 5) is 23.1. The minimum Gasteiger partial charge on any atom is -0.469 e. The zero-order chi connectivity index (χ0) is 16.1. The van der Waals surface area contributed by atoms with Crippen molar-refractivity contribution in [2.45, 2.75) is 25.9 Å². The summed E-state index contributed by atoms with van der Waals surface area (Å²) in [5.41, 5.74) is 0. The molecule has 8 heteroatoms. The van der Waals surface area contributed by atoms with E-state index in [2.05, 4.69) is 15.2 Å². The predicted molar refractivity (Wildman–Crippen MR) is 78.6 cm³/mol. The quantitative estimate of drug-likeness (QED) is 0.819. The third-order valence-electron chi connectivity index (χ3n) is 2.88. The Morgan fingerprint density at radius 1 is 1.50 bits per heavy atom. The molecule has 0 saturated carbocycles. The molecule has 2 aromatic heterocycles. The second-order valence-corrected chi connectivity index (χ2v) is 5.21. The maximum absolute atomic E-state index is 12.0. The molecule has 0 aromatic carbocycles. The van der Waals surface area contributed by atoms with Gasteiger partial charge in [0.2, 0.25) is 0 Å². The number of rotatable bonds is 6. The number of furan rings is 1.